The number of hydrogen-bond donors (Lipinski definition) is 1. The molecule has 0 radical (unpaired) electrons. The molecule has 0 bridgehead atoms. The van der Waals surface area contributed by atoms with Crippen LogP contribution in [0.3, 0.4) is 0 Å². The van der Waals surface area contributed by atoms with Crippen molar-refractivity contribution < 1.29 is 9.53 Å². The second kappa shape index (κ2) is 6.09. The molecule has 1 aromatic carbocycles. The molecule has 80 valence electrons. The van der Waals surface area contributed by atoms with Crippen LogP contribution in [0.4, 0.5) is 5.69 Å². The summed E-state index contributed by atoms with van der Waals surface area (Å²) in [6.45, 7) is 2.04. The molecule has 3 nitrogen and oxygen atoms in total. The van der Waals surface area contributed by atoms with Crippen molar-refractivity contribution in [2.45, 2.75) is 6.92 Å². The van der Waals surface area contributed by atoms with E-state index >= 15 is 0 Å². The van der Waals surface area contributed by atoms with Gasteiger partial charge in [-0.2, -0.15) is 0 Å². The molecule has 1 rings (SSSR count). The van der Waals surface area contributed by atoms with Crippen molar-refractivity contribution in [1.29, 1.82) is 0 Å². The quantitative estimate of drug-likeness (QED) is 0.633. The zero-order valence-corrected chi connectivity index (χ0v) is 9.12. The second-order valence-electron chi connectivity index (χ2n) is 2.72. The Morgan fingerprint density at radius 3 is 2.73 bits per heavy atom. The number of esters is 1. The minimum atomic E-state index is -0.525. The van der Waals surface area contributed by atoms with Crippen LogP contribution < -0.4 is 5.32 Å². The molecule has 0 amide bonds. The average Bonchev–Trinajstić information content (AvgIpc) is 2.27. The fraction of sp³-hybridized carbons (Fsp3) is 0.182. The number of para-hydroxylation sites is 1. The molecule has 4 heteroatoms. The minimum Gasteiger partial charge on any atom is -0.462 e. The van der Waals surface area contributed by atoms with Gasteiger partial charge in [0.1, 0.15) is 5.03 Å². The molecule has 0 saturated heterocycles. The Labute approximate surface area is 93.7 Å². The van der Waals surface area contributed by atoms with Gasteiger partial charge < -0.3 is 10.1 Å². The number of ether oxygens (including phenoxy) is 1. The van der Waals surface area contributed by atoms with Crippen LogP contribution in [-0.2, 0) is 9.53 Å². The summed E-state index contributed by atoms with van der Waals surface area (Å²) < 4.78 is 4.71. The first-order valence-corrected chi connectivity index (χ1v) is 4.96. The maximum atomic E-state index is 11.1. The number of halogens is 1. The summed E-state index contributed by atoms with van der Waals surface area (Å²) in [6, 6.07) is 9.41. The molecule has 1 N–H and O–H groups in total. The van der Waals surface area contributed by atoms with Crippen molar-refractivity contribution in [3.8, 4) is 0 Å². The first kappa shape index (κ1) is 11.6. The first-order chi connectivity index (χ1) is 7.24. The molecule has 0 aliphatic heterocycles. The van der Waals surface area contributed by atoms with E-state index in [-0.39, 0.29) is 5.03 Å². The third-order valence-corrected chi connectivity index (χ3v) is 1.87. The van der Waals surface area contributed by atoms with Gasteiger partial charge in [-0.15, -0.1) is 0 Å². The molecule has 0 heterocycles. The summed E-state index contributed by atoms with van der Waals surface area (Å²) >= 11 is 5.68. The van der Waals surface area contributed by atoms with Crippen LogP contribution in [0.1, 0.15) is 6.92 Å². The van der Waals surface area contributed by atoms with Gasteiger partial charge in [-0.25, -0.2) is 4.79 Å². The Balaban J connectivity index is 2.54. The fourth-order valence-electron chi connectivity index (χ4n) is 0.940. The SMILES string of the molecule is CCOC(=O)/C(Cl)=C/Nc1ccccc1. The van der Waals surface area contributed by atoms with E-state index in [1.807, 2.05) is 30.3 Å². The van der Waals surface area contributed by atoms with Crippen molar-refractivity contribution in [3.63, 3.8) is 0 Å². The summed E-state index contributed by atoms with van der Waals surface area (Å²) in [5, 5.41) is 2.92. The normalized spacial score (nSPS) is 10.9. The monoisotopic (exact) mass is 225 g/mol. The van der Waals surface area contributed by atoms with Crippen LogP contribution in [0.5, 0.6) is 0 Å². The van der Waals surface area contributed by atoms with E-state index in [1.54, 1.807) is 6.92 Å². The molecule has 0 aliphatic carbocycles. The van der Waals surface area contributed by atoms with Gasteiger partial charge in [-0.1, -0.05) is 29.8 Å². The molecular weight excluding hydrogens is 214 g/mol. The number of carbonyl (C=O) groups excluding carboxylic acids is 1. The van der Waals surface area contributed by atoms with Crippen LogP contribution in [-0.4, -0.2) is 12.6 Å². The van der Waals surface area contributed by atoms with Crippen molar-refractivity contribution in [2.75, 3.05) is 11.9 Å². The van der Waals surface area contributed by atoms with E-state index in [2.05, 4.69) is 5.32 Å². The van der Waals surface area contributed by atoms with E-state index in [0.717, 1.165) is 5.69 Å². The van der Waals surface area contributed by atoms with E-state index in [1.165, 1.54) is 6.20 Å². The lowest BCUT2D eigenvalue weighted by Crippen LogP contribution is -2.05. The lowest BCUT2D eigenvalue weighted by atomic mass is 10.3. The van der Waals surface area contributed by atoms with Crippen molar-refractivity contribution in [3.05, 3.63) is 41.6 Å². The lowest BCUT2D eigenvalue weighted by Gasteiger charge is -2.02. The second-order valence-corrected chi connectivity index (χ2v) is 3.13. The summed E-state index contributed by atoms with van der Waals surface area (Å²) in [7, 11) is 0. The minimum absolute atomic E-state index is 0.0284. The zero-order valence-electron chi connectivity index (χ0n) is 8.37. The topological polar surface area (TPSA) is 38.3 Å². The average molecular weight is 226 g/mol. The lowest BCUT2D eigenvalue weighted by molar-refractivity contribution is -0.137. The smallest absolute Gasteiger partial charge is 0.351 e. The van der Waals surface area contributed by atoms with Gasteiger partial charge in [-0.05, 0) is 19.1 Å². The van der Waals surface area contributed by atoms with Crippen molar-refractivity contribution >= 4 is 23.3 Å². The van der Waals surface area contributed by atoms with E-state index in [9.17, 15) is 4.79 Å². The highest BCUT2D eigenvalue weighted by molar-refractivity contribution is 6.41. The maximum Gasteiger partial charge on any atom is 0.351 e. The van der Waals surface area contributed by atoms with Gasteiger partial charge >= 0.3 is 5.97 Å². The number of rotatable bonds is 4. The Kier molecular flexibility index (Phi) is 4.71. The first-order valence-electron chi connectivity index (χ1n) is 4.58. The van der Waals surface area contributed by atoms with Gasteiger partial charge in [0.2, 0.25) is 0 Å². The van der Waals surface area contributed by atoms with Gasteiger partial charge in [0.15, 0.2) is 0 Å². The molecule has 0 atom stereocenters. The summed E-state index contributed by atoms with van der Waals surface area (Å²) in [4.78, 5) is 11.1. The number of hydrogen-bond acceptors (Lipinski definition) is 3. The number of anilines is 1. The third kappa shape index (κ3) is 4.04. The van der Waals surface area contributed by atoms with Gasteiger partial charge in [-0.3, -0.25) is 0 Å². The molecule has 0 spiro atoms. The van der Waals surface area contributed by atoms with Gasteiger partial charge in [0.05, 0.1) is 6.61 Å². The highest BCUT2D eigenvalue weighted by Gasteiger charge is 2.05. The number of carbonyl (C=O) groups is 1. The van der Waals surface area contributed by atoms with Crippen LogP contribution >= 0.6 is 11.6 Å². The molecule has 0 fully saturated rings. The van der Waals surface area contributed by atoms with Gasteiger partial charge in [0, 0.05) is 11.9 Å². The molecule has 0 saturated carbocycles. The molecule has 0 aromatic heterocycles. The Bertz CT molecular complexity index is 349. The summed E-state index contributed by atoms with van der Waals surface area (Å²) in [6.07, 6.45) is 1.41. The molecular formula is C11H12ClNO2. The van der Waals surface area contributed by atoms with Crippen molar-refractivity contribution in [2.24, 2.45) is 0 Å². The molecule has 0 aliphatic rings. The highest BCUT2D eigenvalue weighted by atomic mass is 35.5. The summed E-state index contributed by atoms with van der Waals surface area (Å²) in [5.41, 5.74) is 0.861. The Morgan fingerprint density at radius 2 is 2.13 bits per heavy atom. The van der Waals surface area contributed by atoms with Crippen LogP contribution in [0.15, 0.2) is 41.6 Å². The maximum absolute atomic E-state index is 11.1. The number of benzene rings is 1. The molecule has 15 heavy (non-hydrogen) atoms. The van der Waals surface area contributed by atoms with E-state index in [4.69, 9.17) is 16.3 Å². The van der Waals surface area contributed by atoms with Crippen molar-refractivity contribution in [1.82, 2.24) is 0 Å². The zero-order chi connectivity index (χ0) is 11.1. The van der Waals surface area contributed by atoms with E-state index in [0.29, 0.717) is 6.61 Å². The molecule has 1 aromatic rings. The van der Waals surface area contributed by atoms with Crippen LogP contribution in [0.25, 0.3) is 0 Å². The van der Waals surface area contributed by atoms with Crippen LogP contribution in [0, 0.1) is 0 Å². The fourth-order valence-corrected chi connectivity index (χ4v) is 1.05. The van der Waals surface area contributed by atoms with Crippen LogP contribution in [0.2, 0.25) is 0 Å². The largest absolute Gasteiger partial charge is 0.462 e. The van der Waals surface area contributed by atoms with E-state index < -0.39 is 5.97 Å². The molecule has 0 unspecified atom stereocenters. The predicted molar refractivity (Wildman–Crippen MR) is 60.6 cm³/mol. The third-order valence-electron chi connectivity index (χ3n) is 1.61. The highest BCUT2D eigenvalue weighted by Crippen LogP contribution is 2.08. The summed E-state index contributed by atoms with van der Waals surface area (Å²) in [5.74, 6) is -0.525. The Hall–Kier alpha value is -1.48. The number of nitrogens with one attached hydrogen (secondary N) is 1. The predicted octanol–water partition coefficient (Wildman–Crippen LogP) is 2.74. The standard InChI is InChI=1S/C11H12ClNO2/c1-2-15-11(14)10(12)8-13-9-6-4-3-5-7-9/h3-8,13H,2H2,1H3/b10-8-. The Morgan fingerprint density at radius 1 is 1.47 bits per heavy atom. The van der Waals surface area contributed by atoms with Gasteiger partial charge in [0.25, 0.3) is 0 Å².